The Kier molecular flexibility index (Phi) is 3.03. The average molecular weight is 249 g/mol. The Morgan fingerprint density at radius 3 is 3.11 bits per heavy atom. The summed E-state index contributed by atoms with van der Waals surface area (Å²) in [6, 6.07) is 0. The van der Waals surface area contributed by atoms with Gasteiger partial charge in [0.15, 0.2) is 0 Å². The second-order valence-corrected chi connectivity index (χ2v) is 5.11. The maximum Gasteiger partial charge on any atom is 0.219 e. The maximum atomic E-state index is 11.5. The van der Waals surface area contributed by atoms with Crippen LogP contribution in [0, 0.1) is 0 Å². The molecule has 0 saturated carbocycles. The third kappa shape index (κ3) is 2.01. The lowest BCUT2D eigenvalue weighted by molar-refractivity contribution is -0.130. The fourth-order valence-electron chi connectivity index (χ4n) is 2.89. The van der Waals surface area contributed by atoms with Crippen LogP contribution >= 0.6 is 0 Å². The first-order chi connectivity index (χ1) is 8.75. The molecule has 0 bridgehead atoms. The van der Waals surface area contributed by atoms with Crippen molar-refractivity contribution in [2.24, 2.45) is 0 Å². The van der Waals surface area contributed by atoms with E-state index in [9.17, 15) is 4.79 Å². The van der Waals surface area contributed by atoms with Gasteiger partial charge in [-0.15, -0.1) is 10.2 Å². The van der Waals surface area contributed by atoms with E-state index in [1.807, 2.05) is 4.90 Å². The smallest absolute Gasteiger partial charge is 0.219 e. The molecule has 1 N–H and O–H groups in total. The SMILES string of the molecule is CC(=O)N1CCC[C@@H](c2nnc3n2CCNC3)C1. The number of carbonyl (C=O) groups is 1. The highest BCUT2D eigenvalue weighted by Gasteiger charge is 2.28. The van der Waals surface area contributed by atoms with Gasteiger partial charge >= 0.3 is 0 Å². The molecule has 1 saturated heterocycles. The van der Waals surface area contributed by atoms with Gasteiger partial charge in [0.2, 0.25) is 5.91 Å². The number of amides is 1. The van der Waals surface area contributed by atoms with Crippen LogP contribution in [0.15, 0.2) is 0 Å². The minimum Gasteiger partial charge on any atom is -0.342 e. The summed E-state index contributed by atoms with van der Waals surface area (Å²) in [5.41, 5.74) is 0. The van der Waals surface area contributed by atoms with Gasteiger partial charge in [-0.25, -0.2) is 0 Å². The molecule has 98 valence electrons. The normalized spacial score (nSPS) is 23.8. The van der Waals surface area contributed by atoms with Crippen LogP contribution in [-0.4, -0.2) is 45.2 Å². The lowest BCUT2D eigenvalue weighted by Gasteiger charge is -2.32. The van der Waals surface area contributed by atoms with E-state index in [0.717, 1.165) is 57.2 Å². The Bertz CT molecular complexity index is 455. The predicted molar refractivity (Wildman–Crippen MR) is 66.0 cm³/mol. The number of carbonyl (C=O) groups excluding carboxylic acids is 1. The highest BCUT2D eigenvalue weighted by molar-refractivity contribution is 5.73. The fourth-order valence-corrected chi connectivity index (χ4v) is 2.89. The first-order valence-electron chi connectivity index (χ1n) is 6.64. The molecule has 6 nitrogen and oxygen atoms in total. The van der Waals surface area contributed by atoms with Crippen molar-refractivity contribution in [1.82, 2.24) is 25.0 Å². The first-order valence-corrected chi connectivity index (χ1v) is 6.64. The van der Waals surface area contributed by atoms with Crippen LogP contribution < -0.4 is 5.32 Å². The zero-order valence-electron chi connectivity index (χ0n) is 10.7. The van der Waals surface area contributed by atoms with Gasteiger partial charge in [0, 0.05) is 39.0 Å². The number of rotatable bonds is 1. The Morgan fingerprint density at radius 2 is 2.28 bits per heavy atom. The van der Waals surface area contributed by atoms with Crippen LogP contribution in [0.1, 0.15) is 37.3 Å². The van der Waals surface area contributed by atoms with E-state index in [-0.39, 0.29) is 5.91 Å². The molecule has 6 heteroatoms. The number of fused-ring (bicyclic) bond motifs is 1. The molecule has 2 aliphatic heterocycles. The van der Waals surface area contributed by atoms with Crippen molar-refractivity contribution in [3.8, 4) is 0 Å². The Labute approximate surface area is 106 Å². The molecular formula is C12H19N5O. The highest BCUT2D eigenvalue weighted by atomic mass is 16.2. The Balaban J connectivity index is 1.82. The van der Waals surface area contributed by atoms with Gasteiger partial charge < -0.3 is 14.8 Å². The second kappa shape index (κ2) is 4.68. The molecule has 0 aliphatic carbocycles. The molecule has 1 aromatic heterocycles. The van der Waals surface area contributed by atoms with Crippen LogP contribution in [-0.2, 0) is 17.9 Å². The number of likely N-dealkylation sites (tertiary alicyclic amines) is 1. The lowest BCUT2D eigenvalue weighted by atomic mass is 9.97. The molecule has 3 rings (SSSR count). The van der Waals surface area contributed by atoms with Gasteiger partial charge in [-0.3, -0.25) is 4.79 Å². The molecular weight excluding hydrogens is 230 g/mol. The summed E-state index contributed by atoms with van der Waals surface area (Å²) in [5.74, 6) is 2.61. The Hall–Kier alpha value is -1.43. The van der Waals surface area contributed by atoms with Crippen LogP contribution in [0.2, 0.25) is 0 Å². The standard InChI is InChI=1S/C12H19N5O/c1-9(18)16-5-2-3-10(8-16)12-15-14-11-7-13-4-6-17(11)12/h10,13H,2-8H2,1H3/t10-/m1/s1. The maximum absolute atomic E-state index is 11.5. The topological polar surface area (TPSA) is 63.1 Å². The minimum absolute atomic E-state index is 0.166. The van der Waals surface area contributed by atoms with Crippen molar-refractivity contribution >= 4 is 5.91 Å². The quantitative estimate of drug-likeness (QED) is 0.767. The predicted octanol–water partition coefficient (Wildman–Crippen LogP) is 0.107. The van der Waals surface area contributed by atoms with Crippen molar-refractivity contribution in [1.29, 1.82) is 0 Å². The summed E-state index contributed by atoms with van der Waals surface area (Å²) in [7, 11) is 0. The molecule has 1 aromatic rings. The van der Waals surface area contributed by atoms with E-state index in [1.165, 1.54) is 0 Å². The Morgan fingerprint density at radius 1 is 1.39 bits per heavy atom. The summed E-state index contributed by atoms with van der Waals surface area (Å²) in [6.45, 7) is 6.03. The summed E-state index contributed by atoms with van der Waals surface area (Å²) in [4.78, 5) is 13.4. The number of piperidine rings is 1. The van der Waals surface area contributed by atoms with Crippen LogP contribution in [0.4, 0.5) is 0 Å². The van der Waals surface area contributed by atoms with Gasteiger partial charge in [0.05, 0.1) is 6.54 Å². The number of aromatic nitrogens is 3. The van der Waals surface area contributed by atoms with Gasteiger partial charge in [-0.05, 0) is 12.8 Å². The second-order valence-electron chi connectivity index (χ2n) is 5.11. The molecule has 18 heavy (non-hydrogen) atoms. The lowest BCUT2D eigenvalue weighted by Crippen LogP contribution is -2.39. The average Bonchev–Trinajstić information content (AvgIpc) is 2.82. The van der Waals surface area contributed by atoms with Crippen molar-refractivity contribution < 1.29 is 4.79 Å². The van der Waals surface area contributed by atoms with Gasteiger partial charge in [0.1, 0.15) is 11.6 Å². The van der Waals surface area contributed by atoms with E-state index in [4.69, 9.17) is 0 Å². The van der Waals surface area contributed by atoms with Crippen molar-refractivity contribution in [3.05, 3.63) is 11.6 Å². The number of hydrogen-bond acceptors (Lipinski definition) is 4. The first kappa shape index (κ1) is 11.6. The molecule has 2 aliphatic rings. The highest BCUT2D eigenvalue weighted by Crippen LogP contribution is 2.26. The fraction of sp³-hybridized carbons (Fsp3) is 0.750. The summed E-state index contributed by atoms with van der Waals surface area (Å²) >= 11 is 0. The third-order valence-corrected chi connectivity index (χ3v) is 3.88. The zero-order valence-corrected chi connectivity index (χ0v) is 10.7. The third-order valence-electron chi connectivity index (χ3n) is 3.88. The summed E-state index contributed by atoms with van der Waals surface area (Å²) < 4.78 is 2.23. The molecule has 1 atom stereocenters. The van der Waals surface area contributed by atoms with Crippen molar-refractivity contribution in [3.63, 3.8) is 0 Å². The summed E-state index contributed by atoms with van der Waals surface area (Å²) in [6.07, 6.45) is 2.17. The van der Waals surface area contributed by atoms with Gasteiger partial charge in [-0.2, -0.15) is 0 Å². The molecule has 0 unspecified atom stereocenters. The van der Waals surface area contributed by atoms with Crippen LogP contribution in [0.25, 0.3) is 0 Å². The van der Waals surface area contributed by atoms with Gasteiger partial charge in [-0.1, -0.05) is 0 Å². The molecule has 1 amide bonds. The van der Waals surface area contributed by atoms with E-state index in [1.54, 1.807) is 6.92 Å². The molecule has 0 aromatic carbocycles. The summed E-state index contributed by atoms with van der Waals surface area (Å²) in [5, 5.41) is 11.9. The molecule has 3 heterocycles. The number of nitrogens with one attached hydrogen (secondary N) is 1. The van der Waals surface area contributed by atoms with E-state index < -0.39 is 0 Å². The molecule has 1 fully saturated rings. The molecule has 0 radical (unpaired) electrons. The van der Waals surface area contributed by atoms with E-state index in [0.29, 0.717) is 5.92 Å². The van der Waals surface area contributed by atoms with E-state index in [2.05, 4.69) is 20.1 Å². The van der Waals surface area contributed by atoms with Crippen LogP contribution in [0.3, 0.4) is 0 Å². The largest absolute Gasteiger partial charge is 0.342 e. The number of hydrogen-bond donors (Lipinski definition) is 1. The van der Waals surface area contributed by atoms with Crippen molar-refractivity contribution in [2.45, 2.75) is 38.8 Å². The minimum atomic E-state index is 0.166. The number of nitrogens with zero attached hydrogens (tertiary/aromatic N) is 4. The van der Waals surface area contributed by atoms with Crippen LogP contribution in [0.5, 0.6) is 0 Å². The van der Waals surface area contributed by atoms with Crippen molar-refractivity contribution in [2.75, 3.05) is 19.6 Å². The zero-order chi connectivity index (χ0) is 12.5. The van der Waals surface area contributed by atoms with E-state index >= 15 is 0 Å². The van der Waals surface area contributed by atoms with Gasteiger partial charge in [0.25, 0.3) is 0 Å². The monoisotopic (exact) mass is 249 g/mol. The molecule has 0 spiro atoms.